The van der Waals surface area contributed by atoms with Gasteiger partial charge in [0.05, 0.1) is 0 Å². The van der Waals surface area contributed by atoms with Crippen LogP contribution in [0.5, 0.6) is 0 Å². The molecule has 0 aliphatic heterocycles. The number of carbonyl (C=O) groups excluding carboxylic acids is 1. The van der Waals surface area contributed by atoms with Gasteiger partial charge in [-0.2, -0.15) is 4.98 Å². The Balaban J connectivity index is 1.60. The predicted octanol–water partition coefficient (Wildman–Crippen LogP) is 5.75. The van der Waals surface area contributed by atoms with Crippen LogP contribution in [0.4, 0.5) is 5.69 Å². The molecule has 1 N–H and O–H groups in total. The van der Waals surface area contributed by atoms with E-state index in [0.717, 1.165) is 16.8 Å². The molecule has 0 spiro atoms. The Morgan fingerprint density at radius 3 is 2.48 bits per heavy atom. The van der Waals surface area contributed by atoms with Gasteiger partial charge in [-0.15, -0.1) is 0 Å². The van der Waals surface area contributed by atoms with E-state index in [1.165, 1.54) is 5.56 Å². The molecule has 0 radical (unpaired) electrons. The first-order valence-corrected chi connectivity index (χ1v) is 9.56. The highest BCUT2D eigenvalue weighted by Gasteiger charge is 2.16. The third kappa shape index (κ3) is 3.90. The zero-order valence-corrected chi connectivity index (χ0v) is 17.0. The van der Waals surface area contributed by atoms with Crippen molar-refractivity contribution in [1.29, 1.82) is 0 Å². The van der Waals surface area contributed by atoms with E-state index in [1.54, 1.807) is 6.20 Å². The number of aromatic nitrogens is 2. The maximum atomic E-state index is 12.8. The molecular formula is C24H23N3O2. The monoisotopic (exact) mass is 385 g/mol. The van der Waals surface area contributed by atoms with Crippen LogP contribution in [0.25, 0.3) is 22.7 Å². The van der Waals surface area contributed by atoms with Crippen LogP contribution < -0.4 is 5.32 Å². The van der Waals surface area contributed by atoms with Gasteiger partial charge in [-0.05, 0) is 59.9 Å². The first-order chi connectivity index (χ1) is 13.8. The molecule has 0 fully saturated rings. The SMILES string of the molecule is Cc1ccc(-c2nc3ncccc3o2)cc1NC(=O)c1ccc(C(C)(C)C)cc1. The van der Waals surface area contributed by atoms with Gasteiger partial charge < -0.3 is 9.73 Å². The van der Waals surface area contributed by atoms with E-state index in [0.29, 0.717) is 22.7 Å². The van der Waals surface area contributed by atoms with Crippen molar-refractivity contribution in [2.24, 2.45) is 0 Å². The molecule has 0 atom stereocenters. The summed E-state index contributed by atoms with van der Waals surface area (Å²) in [5.74, 6) is 0.327. The number of benzene rings is 2. The smallest absolute Gasteiger partial charge is 0.255 e. The zero-order chi connectivity index (χ0) is 20.6. The quantitative estimate of drug-likeness (QED) is 0.488. The molecule has 0 saturated carbocycles. The van der Waals surface area contributed by atoms with Crippen LogP contribution in [-0.2, 0) is 5.41 Å². The lowest BCUT2D eigenvalue weighted by atomic mass is 9.86. The molecule has 5 heteroatoms. The summed E-state index contributed by atoms with van der Waals surface area (Å²) in [5.41, 5.74) is 5.53. The lowest BCUT2D eigenvalue weighted by molar-refractivity contribution is 0.102. The lowest BCUT2D eigenvalue weighted by Gasteiger charge is -2.19. The summed E-state index contributed by atoms with van der Waals surface area (Å²) in [6.45, 7) is 8.41. The van der Waals surface area contributed by atoms with Crippen molar-refractivity contribution in [3.63, 3.8) is 0 Å². The van der Waals surface area contributed by atoms with Crippen LogP contribution in [0.1, 0.15) is 42.3 Å². The fourth-order valence-corrected chi connectivity index (χ4v) is 3.10. The van der Waals surface area contributed by atoms with Gasteiger partial charge in [0, 0.05) is 23.0 Å². The van der Waals surface area contributed by atoms with Gasteiger partial charge in [-0.1, -0.05) is 39.0 Å². The maximum Gasteiger partial charge on any atom is 0.255 e. The summed E-state index contributed by atoms with van der Waals surface area (Å²) in [6, 6.07) is 17.1. The van der Waals surface area contributed by atoms with Gasteiger partial charge in [0.2, 0.25) is 5.89 Å². The van der Waals surface area contributed by atoms with Crippen molar-refractivity contribution < 1.29 is 9.21 Å². The molecule has 0 unspecified atom stereocenters. The van der Waals surface area contributed by atoms with Crippen molar-refractivity contribution >= 4 is 22.8 Å². The van der Waals surface area contributed by atoms with Crippen molar-refractivity contribution in [3.8, 4) is 11.5 Å². The number of hydrogen-bond acceptors (Lipinski definition) is 4. The normalized spacial score (nSPS) is 11.6. The standard InChI is InChI=1S/C24H23N3O2/c1-15-7-8-17(23-27-21-20(29-23)6-5-13-25-21)14-19(15)26-22(28)16-9-11-18(12-10-16)24(2,3)4/h5-14H,1-4H3,(H,26,28). The Labute approximate surface area is 169 Å². The molecule has 146 valence electrons. The molecule has 4 rings (SSSR count). The first-order valence-electron chi connectivity index (χ1n) is 9.56. The number of aryl methyl sites for hydroxylation is 1. The van der Waals surface area contributed by atoms with E-state index in [2.05, 4.69) is 36.1 Å². The summed E-state index contributed by atoms with van der Waals surface area (Å²) in [6.07, 6.45) is 1.68. The molecular weight excluding hydrogens is 362 g/mol. The van der Waals surface area contributed by atoms with E-state index >= 15 is 0 Å². The Hall–Kier alpha value is -3.47. The summed E-state index contributed by atoms with van der Waals surface area (Å²) < 4.78 is 5.80. The summed E-state index contributed by atoms with van der Waals surface area (Å²) in [7, 11) is 0. The van der Waals surface area contributed by atoms with E-state index in [4.69, 9.17) is 4.42 Å². The first kappa shape index (κ1) is 18.9. The minimum Gasteiger partial charge on any atom is -0.434 e. The van der Waals surface area contributed by atoms with Gasteiger partial charge in [0.15, 0.2) is 11.2 Å². The third-order valence-corrected chi connectivity index (χ3v) is 4.91. The molecule has 2 aromatic heterocycles. The van der Waals surface area contributed by atoms with E-state index in [-0.39, 0.29) is 11.3 Å². The lowest BCUT2D eigenvalue weighted by Crippen LogP contribution is -2.15. The second kappa shape index (κ2) is 7.17. The number of oxazole rings is 1. The highest BCUT2D eigenvalue weighted by Crippen LogP contribution is 2.28. The molecule has 0 aliphatic carbocycles. The van der Waals surface area contributed by atoms with Crippen molar-refractivity contribution in [3.05, 3.63) is 77.5 Å². The Morgan fingerprint density at radius 1 is 1.03 bits per heavy atom. The molecule has 29 heavy (non-hydrogen) atoms. The fourth-order valence-electron chi connectivity index (χ4n) is 3.10. The fraction of sp³-hybridized carbons (Fsp3) is 0.208. The maximum absolute atomic E-state index is 12.8. The van der Waals surface area contributed by atoms with Crippen LogP contribution in [-0.4, -0.2) is 15.9 Å². The second-order valence-corrected chi connectivity index (χ2v) is 8.16. The number of anilines is 1. The molecule has 4 aromatic rings. The van der Waals surface area contributed by atoms with Crippen LogP contribution in [0.2, 0.25) is 0 Å². The summed E-state index contributed by atoms with van der Waals surface area (Å²) >= 11 is 0. The Kier molecular flexibility index (Phi) is 4.66. The topological polar surface area (TPSA) is 68.0 Å². The molecule has 0 bridgehead atoms. The molecule has 0 aliphatic rings. The summed E-state index contributed by atoms with van der Waals surface area (Å²) in [4.78, 5) is 21.4. The van der Waals surface area contributed by atoms with E-state index in [1.807, 2.05) is 61.5 Å². The highest BCUT2D eigenvalue weighted by molar-refractivity contribution is 6.05. The number of pyridine rings is 1. The molecule has 2 heterocycles. The largest absolute Gasteiger partial charge is 0.434 e. The van der Waals surface area contributed by atoms with Crippen molar-refractivity contribution in [2.45, 2.75) is 33.1 Å². The molecule has 0 saturated heterocycles. The number of nitrogens with one attached hydrogen (secondary N) is 1. The minimum atomic E-state index is -0.148. The van der Waals surface area contributed by atoms with E-state index < -0.39 is 0 Å². The second-order valence-electron chi connectivity index (χ2n) is 8.16. The molecule has 1 amide bonds. The molecule has 5 nitrogen and oxygen atoms in total. The van der Waals surface area contributed by atoms with Gasteiger partial charge in [-0.25, -0.2) is 4.98 Å². The van der Waals surface area contributed by atoms with Crippen LogP contribution in [0.15, 0.2) is 65.2 Å². The zero-order valence-electron chi connectivity index (χ0n) is 17.0. The Morgan fingerprint density at radius 2 is 1.79 bits per heavy atom. The van der Waals surface area contributed by atoms with Gasteiger partial charge >= 0.3 is 0 Å². The van der Waals surface area contributed by atoms with Crippen molar-refractivity contribution in [2.75, 3.05) is 5.32 Å². The average molecular weight is 385 g/mol. The number of carbonyl (C=O) groups is 1. The van der Waals surface area contributed by atoms with E-state index in [9.17, 15) is 4.79 Å². The van der Waals surface area contributed by atoms with Crippen LogP contribution in [0, 0.1) is 6.92 Å². The summed E-state index contributed by atoms with van der Waals surface area (Å²) in [5, 5.41) is 3.00. The molecule has 2 aromatic carbocycles. The Bertz CT molecular complexity index is 1150. The third-order valence-electron chi connectivity index (χ3n) is 4.91. The predicted molar refractivity (Wildman–Crippen MR) is 115 cm³/mol. The number of rotatable bonds is 3. The van der Waals surface area contributed by atoms with Crippen LogP contribution in [0.3, 0.4) is 0 Å². The van der Waals surface area contributed by atoms with Crippen LogP contribution >= 0.6 is 0 Å². The van der Waals surface area contributed by atoms with Crippen molar-refractivity contribution in [1.82, 2.24) is 9.97 Å². The van der Waals surface area contributed by atoms with Gasteiger partial charge in [0.25, 0.3) is 5.91 Å². The number of amides is 1. The number of fused-ring (bicyclic) bond motifs is 1. The average Bonchev–Trinajstić information content (AvgIpc) is 3.13. The highest BCUT2D eigenvalue weighted by atomic mass is 16.3. The minimum absolute atomic E-state index is 0.0500. The van der Waals surface area contributed by atoms with Gasteiger partial charge in [0.1, 0.15) is 0 Å². The number of nitrogens with zero attached hydrogens (tertiary/aromatic N) is 2. The number of hydrogen-bond donors (Lipinski definition) is 1. The van der Waals surface area contributed by atoms with Gasteiger partial charge in [-0.3, -0.25) is 4.79 Å².